The number of amides is 1. The molecule has 1 aromatic heterocycles. The van der Waals surface area contributed by atoms with Crippen LogP contribution in [0.1, 0.15) is 24.1 Å². The molecule has 0 bridgehead atoms. The van der Waals surface area contributed by atoms with E-state index in [9.17, 15) is 4.79 Å². The normalized spacial score (nSPS) is 23.8. The minimum atomic E-state index is 0.0939. The number of hydrogen-bond donors (Lipinski definition) is 0. The van der Waals surface area contributed by atoms with E-state index < -0.39 is 0 Å². The average Bonchev–Trinajstić information content (AvgIpc) is 3.21. The molecule has 22 heavy (non-hydrogen) atoms. The first-order chi connectivity index (χ1) is 10.7. The van der Waals surface area contributed by atoms with Gasteiger partial charge in [-0.1, -0.05) is 0 Å². The number of likely N-dealkylation sites (tertiary alicyclic amines) is 1. The van der Waals surface area contributed by atoms with Crippen molar-refractivity contribution in [2.75, 3.05) is 39.9 Å². The molecule has 1 amide bonds. The average molecular weight is 323 g/mol. The quantitative estimate of drug-likeness (QED) is 0.830. The third-order valence-corrected chi connectivity index (χ3v) is 5.52. The Morgan fingerprint density at radius 1 is 1.45 bits per heavy atom. The minimum absolute atomic E-state index is 0.0939. The van der Waals surface area contributed by atoms with Crippen LogP contribution in [0.5, 0.6) is 0 Å². The van der Waals surface area contributed by atoms with E-state index in [1.54, 1.807) is 11.3 Å². The van der Waals surface area contributed by atoms with Gasteiger partial charge < -0.3 is 9.64 Å². The Balaban J connectivity index is 1.40. The van der Waals surface area contributed by atoms with Crippen molar-refractivity contribution in [1.29, 1.82) is 0 Å². The van der Waals surface area contributed by atoms with Crippen molar-refractivity contribution in [2.45, 2.75) is 25.8 Å². The molecule has 1 unspecified atom stereocenters. The number of nitrogens with zero attached hydrogens (tertiary/aromatic N) is 3. The molecule has 122 valence electrons. The number of rotatable bonds is 5. The molecule has 0 spiro atoms. The zero-order chi connectivity index (χ0) is 15.4. The number of ether oxygens (including phenoxy) is 1. The zero-order valence-electron chi connectivity index (χ0n) is 13.2. The summed E-state index contributed by atoms with van der Waals surface area (Å²) in [6.45, 7) is 5.50. The van der Waals surface area contributed by atoms with Crippen molar-refractivity contribution in [3.05, 3.63) is 16.6 Å². The Labute approximate surface area is 136 Å². The second-order valence-corrected chi connectivity index (χ2v) is 7.44. The summed E-state index contributed by atoms with van der Waals surface area (Å²) in [6.07, 6.45) is 5.21. The van der Waals surface area contributed by atoms with Crippen LogP contribution in [0.25, 0.3) is 0 Å². The highest BCUT2D eigenvalue weighted by Crippen LogP contribution is 2.22. The molecule has 3 heterocycles. The van der Waals surface area contributed by atoms with E-state index in [-0.39, 0.29) is 11.8 Å². The molecule has 1 atom stereocenters. The van der Waals surface area contributed by atoms with Gasteiger partial charge in [-0.05, 0) is 38.3 Å². The predicted molar refractivity (Wildman–Crippen MR) is 86.7 cm³/mol. The van der Waals surface area contributed by atoms with Gasteiger partial charge in [0.25, 0.3) is 0 Å². The van der Waals surface area contributed by atoms with Gasteiger partial charge in [0, 0.05) is 37.8 Å². The van der Waals surface area contributed by atoms with Crippen LogP contribution in [0.3, 0.4) is 0 Å². The molecule has 6 heteroatoms. The fourth-order valence-corrected chi connectivity index (χ4v) is 4.02. The van der Waals surface area contributed by atoms with Crippen LogP contribution in [-0.4, -0.2) is 60.6 Å². The lowest BCUT2D eigenvalue weighted by molar-refractivity contribution is -0.134. The molecule has 0 saturated carbocycles. The van der Waals surface area contributed by atoms with Crippen molar-refractivity contribution in [3.63, 3.8) is 0 Å². The smallest absolute Gasteiger partial charge is 0.227 e. The van der Waals surface area contributed by atoms with Gasteiger partial charge in [-0.2, -0.15) is 0 Å². The van der Waals surface area contributed by atoms with Gasteiger partial charge in [-0.3, -0.25) is 14.7 Å². The van der Waals surface area contributed by atoms with Crippen LogP contribution in [0.15, 0.2) is 11.7 Å². The van der Waals surface area contributed by atoms with Gasteiger partial charge in [0.2, 0.25) is 5.91 Å². The molecule has 0 radical (unpaired) electrons. The van der Waals surface area contributed by atoms with E-state index in [0.717, 1.165) is 39.2 Å². The lowest BCUT2D eigenvalue weighted by atomic mass is 9.95. The third kappa shape index (κ3) is 4.06. The number of piperidine rings is 1. The summed E-state index contributed by atoms with van der Waals surface area (Å²) in [5, 5.41) is 0. The van der Waals surface area contributed by atoms with E-state index in [1.807, 2.05) is 23.7 Å². The van der Waals surface area contributed by atoms with Gasteiger partial charge in [0.15, 0.2) is 0 Å². The van der Waals surface area contributed by atoms with Gasteiger partial charge in [0.05, 0.1) is 18.0 Å². The summed E-state index contributed by atoms with van der Waals surface area (Å²) in [6, 6.07) is 0. The summed E-state index contributed by atoms with van der Waals surface area (Å²) in [7, 11) is 1.95. The van der Waals surface area contributed by atoms with E-state index >= 15 is 0 Å². The van der Waals surface area contributed by atoms with Crippen molar-refractivity contribution in [3.8, 4) is 0 Å². The Bertz CT molecular complexity index is 466. The topological polar surface area (TPSA) is 45.7 Å². The first-order valence-electron chi connectivity index (χ1n) is 8.15. The van der Waals surface area contributed by atoms with Crippen LogP contribution < -0.4 is 0 Å². The Morgan fingerprint density at radius 2 is 2.27 bits per heavy atom. The summed E-state index contributed by atoms with van der Waals surface area (Å²) >= 11 is 1.73. The highest BCUT2D eigenvalue weighted by molar-refractivity contribution is 7.09. The van der Waals surface area contributed by atoms with Crippen LogP contribution in [0.2, 0.25) is 0 Å². The molecular formula is C16H25N3O2S. The van der Waals surface area contributed by atoms with Crippen molar-refractivity contribution in [1.82, 2.24) is 14.8 Å². The summed E-state index contributed by atoms with van der Waals surface area (Å²) < 4.78 is 5.32. The van der Waals surface area contributed by atoms with Gasteiger partial charge in [-0.25, -0.2) is 0 Å². The number of carbonyl (C=O) groups excluding carboxylic acids is 1. The molecule has 0 aliphatic carbocycles. The van der Waals surface area contributed by atoms with Gasteiger partial charge >= 0.3 is 0 Å². The fraction of sp³-hybridized carbons (Fsp3) is 0.750. The molecule has 2 saturated heterocycles. The van der Waals surface area contributed by atoms with E-state index in [4.69, 9.17) is 4.74 Å². The molecule has 1 aromatic rings. The SMILES string of the molecule is CN(CC1CCN(Cc2cncs2)CC1)C(=O)C1CCOC1. The van der Waals surface area contributed by atoms with Gasteiger partial charge in [0.1, 0.15) is 0 Å². The van der Waals surface area contributed by atoms with E-state index in [0.29, 0.717) is 12.5 Å². The molecule has 0 N–H and O–H groups in total. The van der Waals surface area contributed by atoms with Crippen LogP contribution in [0.4, 0.5) is 0 Å². The molecule has 0 aromatic carbocycles. The van der Waals surface area contributed by atoms with Crippen LogP contribution in [0, 0.1) is 11.8 Å². The predicted octanol–water partition coefficient (Wildman–Crippen LogP) is 1.85. The monoisotopic (exact) mass is 323 g/mol. The molecule has 2 aliphatic rings. The second-order valence-electron chi connectivity index (χ2n) is 6.47. The van der Waals surface area contributed by atoms with Crippen molar-refractivity contribution >= 4 is 17.2 Å². The number of hydrogen-bond acceptors (Lipinski definition) is 5. The minimum Gasteiger partial charge on any atom is -0.381 e. The highest BCUT2D eigenvalue weighted by atomic mass is 32.1. The first kappa shape index (κ1) is 15.9. The van der Waals surface area contributed by atoms with E-state index in [1.165, 1.54) is 17.7 Å². The van der Waals surface area contributed by atoms with Gasteiger partial charge in [-0.15, -0.1) is 11.3 Å². The Morgan fingerprint density at radius 3 is 2.91 bits per heavy atom. The molecule has 3 rings (SSSR count). The fourth-order valence-electron chi connectivity index (χ4n) is 3.39. The second kappa shape index (κ2) is 7.53. The lowest BCUT2D eigenvalue weighted by Gasteiger charge is -2.34. The maximum absolute atomic E-state index is 12.3. The number of thiazole rings is 1. The zero-order valence-corrected chi connectivity index (χ0v) is 14.1. The lowest BCUT2D eigenvalue weighted by Crippen LogP contribution is -2.41. The highest BCUT2D eigenvalue weighted by Gasteiger charge is 2.28. The molecule has 5 nitrogen and oxygen atoms in total. The van der Waals surface area contributed by atoms with E-state index in [2.05, 4.69) is 9.88 Å². The number of carbonyl (C=O) groups is 1. The van der Waals surface area contributed by atoms with Crippen molar-refractivity contribution < 1.29 is 9.53 Å². The Kier molecular flexibility index (Phi) is 5.44. The van der Waals surface area contributed by atoms with Crippen LogP contribution >= 0.6 is 11.3 Å². The van der Waals surface area contributed by atoms with Crippen LogP contribution in [-0.2, 0) is 16.1 Å². The molecule has 2 fully saturated rings. The maximum atomic E-state index is 12.3. The summed E-state index contributed by atoms with van der Waals surface area (Å²) in [5.41, 5.74) is 1.90. The summed E-state index contributed by atoms with van der Waals surface area (Å²) in [5.74, 6) is 0.995. The third-order valence-electron chi connectivity index (χ3n) is 4.76. The first-order valence-corrected chi connectivity index (χ1v) is 9.03. The molecule has 2 aliphatic heterocycles. The maximum Gasteiger partial charge on any atom is 0.227 e. The largest absolute Gasteiger partial charge is 0.381 e. The standard InChI is InChI=1S/C16H25N3O2S/c1-18(16(20)14-4-7-21-11-14)9-13-2-5-19(6-3-13)10-15-8-17-12-22-15/h8,12-14H,2-7,9-11H2,1H3. The van der Waals surface area contributed by atoms with Crippen molar-refractivity contribution in [2.24, 2.45) is 11.8 Å². The summed E-state index contributed by atoms with van der Waals surface area (Å²) in [4.78, 5) is 22.2. The number of aromatic nitrogens is 1. The molecular weight excluding hydrogens is 298 g/mol. The Hall–Kier alpha value is -0.980.